The van der Waals surface area contributed by atoms with Crippen molar-refractivity contribution >= 4 is 18.1 Å². The third-order valence-corrected chi connectivity index (χ3v) is 3.75. The lowest BCUT2D eigenvalue weighted by atomic mass is 10.0. The van der Waals surface area contributed by atoms with Crippen LogP contribution in [0.5, 0.6) is 0 Å². The van der Waals surface area contributed by atoms with Crippen LogP contribution in [-0.4, -0.2) is 58.1 Å². The SMILES string of the molecule is CN(C(=O)C=Cc1ccncc1)C1CCN(C(=O)O)CC1. The van der Waals surface area contributed by atoms with Crippen LogP contribution in [0, 0.1) is 0 Å². The number of pyridine rings is 1. The van der Waals surface area contributed by atoms with E-state index in [9.17, 15) is 9.59 Å². The van der Waals surface area contributed by atoms with E-state index in [2.05, 4.69) is 4.98 Å². The molecule has 1 fully saturated rings. The molecule has 6 nitrogen and oxygen atoms in total. The van der Waals surface area contributed by atoms with Gasteiger partial charge in [-0.3, -0.25) is 9.78 Å². The zero-order valence-electron chi connectivity index (χ0n) is 12.0. The predicted molar refractivity (Wildman–Crippen MR) is 78.7 cm³/mol. The van der Waals surface area contributed by atoms with Crippen molar-refractivity contribution in [2.24, 2.45) is 0 Å². The highest BCUT2D eigenvalue weighted by Gasteiger charge is 2.26. The highest BCUT2D eigenvalue weighted by Crippen LogP contribution is 2.16. The number of amides is 2. The average Bonchev–Trinajstić information content (AvgIpc) is 2.53. The maximum absolute atomic E-state index is 12.1. The Hall–Kier alpha value is -2.37. The van der Waals surface area contributed by atoms with Gasteiger partial charge in [-0.15, -0.1) is 0 Å². The van der Waals surface area contributed by atoms with Crippen molar-refractivity contribution in [3.8, 4) is 0 Å². The van der Waals surface area contributed by atoms with Gasteiger partial charge in [0.2, 0.25) is 5.91 Å². The molecule has 1 aliphatic heterocycles. The third kappa shape index (κ3) is 4.05. The van der Waals surface area contributed by atoms with Gasteiger partial charge in [-0.1, -0.05) is 0 Å². The van der Waals surface area contributed by atoms with Crippen molar-refractivity contribution in [2.45, 2.75) is 18.9 Å². The van der Waals surface area contributed by atoms with E-state index in [4.69, 9.17) is 5.11 Å². The zero-order valence-corrected chi connectivity index (χ0v) is 12.0. The molecule has 21 heavy (non-hydrogen) atoms. The molecule has 1 N–H and O–H groups in total. The van der Waals surface area contributed by atoms with E-state index < -0.39 is 6.09 Å². The molecular weight excluding hydrogens is 270 g/mol. The summed E-state index contributed by atoms with van der Waals surface area (Å²) in [6.45, 7) is 0.956. The second-order valence-electron chi connectivity index (χ2n) is 5.06. The minimum atomic E-state index is -0.889. The number of piperidine rings is 1. The van der Waals surface area contributed by atoms with Crippen LogP contribution >= 0.6 is 0 Å². The predicted octanol–water partition coefficient (Wildman–Crippen LogP) is 1.70. The van der Waals surface area contributed by atoms with E-state index in [1.165, 1.54) is 4.90 Å². The largest absolute Gasteiger partial charge is 0.465 e. The first kappa shape index (κ1) is 15.0. The van der Waals surface area contributed by atoms with Gasteiger partial charge < -0.3 is 14.9 Å². The monoisotopic (exact) mass is 289 g/mol. The molecule has 1 aliphatic rings. The molecule has 6 heteroatoms. The quantitative estimate of drug-likeness (QED) is 0.859. The second kappa shape index (κ2) is 6.88. The number of aromatic nitrogens is 1. The van der Waals surface area contributed by atoms with E-state index >= 15 is 0 Å². The van der Waals surface area contributed by atoms with Crippen LogP contribution in [0.25, 0.3) is 6.08 Å². The van der Waals surface area contributed by atoms with E-state index in [1.54, 1.807) is 36.5 Å². The number of carboxylic acid groups (broad SMARTS) is 1. The summed E-state index contributed by atoms with van der Waals surface area (Å²) in [6.07, 6.45) is 7.12. The Morgan fingerprint density at radius 3 is 2.52 bits per heavy atom. The number of carbonyl (C=O) groups excluding carboxylic acids is 1. The fraction of sp³-hybridized carbons (Fsp3) is 0.400. The first-order chi connectivity index (χ1) is 10.1. The van der Waals surface area contributed by atoms with Crippen LogP contribution < -0.4 is 0 Å². The average molecular weight is 289 g/mol. The summed E-state index contributed by atoms with van der Waals surface area (Å²) in [4.78, 5) is 30.0. The summed E-state index contributed by atoms with van der Waals surface area (Å²) >= 11 is 0. The van der Waals surface area contributed by atoms with Gasteiger partial charge in [0, 0.05) is 44.6 Å². The summed E-state index contributed by atoms with van der Waals surface area (Å²) in [5.74, 6) is -0.0689. The van der Waals surface area contributed by atoms with Crippen molar-refractivity contribution in [2.75, 3.05) is 20.1 Å². The number of hydrogen-bond acceptors (Lipinski definition) is 3. The van der Waals surface area contributed by atoms with E-state index in [1.807, 2.05) is 12.1 Å². The first-order valence-electron chi connectivity index (χ1n) is 6.90. The van der Waals surface area contributed by atoms with Crippen molar-refractivity contribution in [3.05, 3.63) is 36.2 Å². The Bertz CT molecular complexity index is 522. The van der Waals surface area contributed by atoms with Crippen molar-refractivity contribution in [1.82, 2.24) is 14.8 Å². The van der Waals surface area contributed by atoms with Gasteiger partial charge in [0.25, 0.3) is 0 Å². The van der Waals surface area contributed by atoms with Crippen LogP contribution in [0.15, 0.2) is 30.6 Å². The molecule has 0 aliphatic carbocycles. The molecule has 2 rings (SSSR count). The van der Waals surface area contributed by atoms with Crippen LogP contribution in [0.3, 0.4) is 0 Å². The lowest BCUT2D eigenvalue weighted by molar-refractivity contribution is -0.127. The molecule has 2 heterocycles. The normalized spacial score (nSPS) is 16.1. The summed E-state index contributed by atoms with van der Waals surface area (Å²) in [7, 11) is 1.76. The Balaban J connectivity index is 1.88. The molecule has 0 unspecified atom stereocenters. The van der Waals surface area contributed by atoms with Crippen LogP contribution in [-0.2, 0) is 4.79 Å². The molecule has 0 atom stereocenters. The van der Waals surface area contributed by atoms with Gasteiger partial charge in [0.1, 0.15) is 0 Å². The molecule has 1 aromatic rings. The summed E-state index contributed by atoms with van der Waals surface area (Å²) in [5.41, 5.74) is 0.924. The highest BCUT2D eigenvalue weighted by atomic mass is 16.4. The minimum Gasteiger partial charge on any atom is -0.465 e. The lowest BCUT2D eigenvalue weighted by Gasteiger charge is -2.35. The molecular formula is C15H19N3O3. The topological polar surface area (TPSA) is 73.7 Å². The van der Waals surface area contributed by atoms with Crippen LogP contribution in [0.2, 0.25) is 0 Å². The molecule has 112 valence electrons. The molecule has 1 aromatic heterocycles. The van der Waals surface area contributed by atoms with E-state index in [0.717, 1.165) is 5.56 Å². The Morgan fingerprint density at radius 1 is 1.33 bits per heavy atom. The number of hydrogen-bond donors (Lipinski definition) is 1. The summed E-state index contributed by atoms with van der Waals surface area (Å²) in [6, 6.07) is 3.75. The fourth-order valence-electron chi connectivity index (χ4n) is 2.38. The second-order valence-corrected chi connectivity index (χ2v) is 5.06. The molecule has 0 saturated carbocycles. The minimum absolute atomic E-state index is 0.0689. The van der Waals surface area contributed by atoms with E-state index in [0.29, 0.717) is 25.9 Å². The smallest absolute Gasteiger partial charge is 0.407 e. The molecule has 0 spiro atoms. The molecule has 0 bridgehead atoms. The molecule has 2 amide bonds. The number of carbonyl (C=O) groups is 2. The van der Waals surface area contributed by atoms with Gasteiger partial charge in [-0.05, 0) is 36.6 Å². The van der Waals surface area contributed by atoms with Crippen LogP contribution in [0.1, 0.15) is 18.4 Å². The third-order valence-electron chi connectivity index (χ3n) is 3.75. The maximum Gasteiger partial charge on any atom is 0.407 e. The highest BCUT2D eigenvalue weighted by molar-refractivity contribution is 5.91. The van der Waals surface area contributed by atoms with Gasteiger partial charge >= 0.3 is 6.09 Å². The molecule has 0 aromatic carbocycles. The fourth-order valence-corrected chi connectivity index (χ4v) is 2.38. The van der Waals surface area contributed by atoms with Gasteiger partial charge in [0.15, 0.2) is 0 Å². The van der Waals surface area contributed by atoms with Gasteiger partial charge in [0.05, 0.1) is 0 Å². The Morgan fingerprint density at radius 2 is 1.95 bits per heavy atom. The Labute approximate surface area is 123 Å². The van der Waals surface area contributed by atoms with Crippen molar-refractivity contribution < 1.29 is 14.7 Å². The molecule has 1 saturated heterocycles. The van der Waals surface area contributed by atoms with E-state index in [-0.39, 0.29) is 11.9 Å². The Kier molecular flexibility index (Phi) is 4.92. The number of likely N-dealkylation sites (tertiary alicyclic amines) is 1. The standard InChI is InChI=1S/C15H19N3O3/c1-17(13-6-10-18(11-7-13)15(20)21)14(19)3-2-12-4-8-16-9-5-12/h2-5,8-9,13H,6-7,10-11H2,1H3,(H,20,21). The number of nitrogens with zero attached hydrogens (tertiary/aromatic N) is 3. The zero-order chi connectivity index (χ0) is 15.2. The van der Waals surface area contributed by atoms with Gasteiger partial charge in [-0.2, -0.15) is 0 Å². The van der Waals surface area contributed by atoms with Crippen molar-refractivity contribution in [3.63, 3.8) is 0 Å². The lowest BCUT2D eigenvalue weighted by Crippen LogP contribution is -2.46. The van der Waals surface area contributed by atoms with Crippen LogP contribution in [0.4, 0.5) is 4.79 Å². The van der Waals surface area contributed by atoms with Gasteiger partial charge in [-0.25, -0.2) is 4.79 Å². The number of likely N-dealkylation sites (N-methyl/N-ethyl adjacent to an activating group) is 1. The summed E-state index contributed by atoms with van der Waals surface area (Å²) < 4.78 is 0. The molecule has 0 radical (unpaired) electrons. The maximum atomic E-state index is 12.1. The summed E-state index contributed by atoms with van der Waals surface area (Å²) in [5, 5.41) is 8.91. The van der Waals surface area contributed by atoms with Crippen molar-refractivity contribution in [1.29, 1.82) is 0 Å². The first-order valence-corrected chi connectivity index (χ1v) is 6.90. The number of rotatable bonds is 3.